The van der Waals surface area contributed by atoms with Crippen molar-refractivity contribution in [3.8, 4) is 0 Å². The van der Waals surface area contributed by atoms with Crippen molar-refractivity contribution in [2.45, 2.75) is 13.0 Å². The van der Waals surface area contributed by atoms with Gasteiger partial charge < -0.3 is 10.6 Å². The highest BCUT2D eigenvalue weighted by Gasteiger charge is 2.21. The second kappa shape index (κ2) is 5.67. The zero-order valence-electron chi connectivity index (χ0n) is 11.4. The zero-order chi connectivity index (χ0) is 15.0. The Bertz CT molecular complexity index is 711. The van der Waals surface area contributed by atoms with Crippen LogP contribution in [0.2, 0.25) is 10.0 Å². The number of carbonyl (C=O) groups is 1. The van der Waals surface area contributed by atoms with Crippen LogP contribution in [0.4, 0.5) is 5.82 Å². The van der Waals surface area contributed by atoms with E-state index < -0.39 is 0 Å². The summed E-state index contributed by atoms with van der Waals surface area (Å²) >= 11 is 11.8. The first kappa shape index (κ1) is 14.4. The molecular formula is C14H14Cl2N4O. The maximum Gasteiger partial charge on any atom is 0.256 e. The van der Waals surface area contributed by atoms with E-state index in [9.17, 15) is 4.79 Å². The number of anilines is 1. The van der Waals surface area contributed by atoms with Crippen molar-refractivity contribution in [2.75, 3.05) is 11.9 Å². The molecule has 21 heavy (non-hydrogen) atoms. The van der Waals surface area contributed by atoms with Gasteiger partial charge in [0.25, 0.3) is 5.91 Å². The molecule has 0 bridgehead atoms. The van der Waals surface area contributed by atoms with Gasteiger partial charge in [0.05, 0.1) is 15.7 Å². The SMILES string of the molecule is Cn1nc2c(c1NC(=O)c1ccc(Cl)c(Cl)c1)CNCC2. The lowest BCUT2D eigenvalue weighted by atomic mass is 10.1. The largest absolute Gasteiger partial charge is 0.312 e. The van der Waals surface area contributed by atoms with Crippen molar-refractivity contribution in [3.63, 3.8) is 0 Å². The number of hydrogen-bond donors (Lipinski definition) is 2. The zero-order valence-corrected chi connectivity index (χ0v) is 12.9. The average Bonchev–Trinajstić information content (AvgIpc) is 2.78. The standard InChI is InChI=1S/C14H14Cl2N4O/c1-20-13(9-7-17-5-4-12(9)19-20)18-14(21)8-2-3-10(15)11(16)6-8/h2-3,6,17H,4-5,7H2,1H3,(H,18,21). The minimum atomic E-state index is -0.232. The van der Waals surface area contributed by atoms with E-state index in [0.717, 1.165) is 24.2 Å². The highest BCUT2D eigenvalue weighted by Crippen LogP contribution is 2.25. The molecule has 1 aliphatic rings. The number of aromatic nitrogens is 2. The summed E-state index contributed by atoms with van der Waals surface area (Å²) in [5, 5.41) is 11.4. The third kappa shape index (κ3) is 2.77. The van der Waals surface area contributed by atoms with Gasteiger partial charge in [-0.2, -0.15) is 5.10 Å². The van der Waals surface area contributed by atoms with E-state index in [1.807, 2.05) is 7.05 Å². The molecule has 0 unspecified atom stereocenters. The Hall–Kier alpha value is -1.56. The van der Waals surface area contributed by atoms with E-state index in [1.165, 1.54) is 0 Å². The van der Waals surface area contributed by atoms with E-state index in [2.05, 4.69) is 15.7 Å². The fourth-order valence-electron chi connectivity index (χ4n) is 2.40. The van der Waals surface area contributed by atoms with Crippen LogP contribution in [0, 0.1) is 0 Å². The maximum atomic E-state index is 12.3. The maximum absolute atomic E-state index is 12.3. The van der Waals surface area contributed by atoms with Crippen LogP contribution in [0.1, 0.15) is 21.6 Å². The summed E-state index contributed by atoms with van der Waals surface area (Å²) in [7, 11) is 1.82. The van der Waals surface area contributed by atoms with Gasteiger partial charge in [0, 0.05) is 37.7 Å². The molecular weight excluding hydrogens is 311 g/mol. The number of aryl methyl sites for hydroxylation is 1. The molecule has 110 valence electrons. The molecule has 7 heteroatoms. The molecule has 0 spiro atoms. The van der Waals surface area contributed by atoms with Gasteiger partial charge in [-0.15, -0.1) is 0 Å². The summed E-state index contributed by atoms with van der Waals surface area (Å²) in [5.41, 5.74) is 2.53. The van der Waals surface area contributed by atoms with E-state index in [0.29, 0.717) is 28.0 Å². The first-order chi connectivity index (χ1) is 10.1. The quantitative estimate of drug-likeness (QED) is 0.892. The van der Waals surface area contributed by atoms with Crippen LogP contribution in [0.25, 0.3) is 0 Å². The molecule has 1 aromatic carbocycles. The Morgan fingerprint density at radius 3 is 2.95 bits per heavy atom. The van der Waals surface area contributed by atoms with Crippen molar-refractivity contribution in [3.05, 3.63) is 45.1 Å². The Kier molecular flexibility index (Phi) is 3.89. The number of hydrogen-bond acceptors (Lipinski definition) is 3. The van der Waals surface area contributed by atoms with Crippen molar-refractivity contribution in [2.24, 2.45) is 7.05 Å². The van der Waals surface area contributed by atoms with E-state index in [4.69, 9.17) is 23.2 Å². The molecule has 5 nitrogen and oxygen atoms in total. The summed E-state index contributed by atoms with van der Waals surface area (Å²) < 4.78 is 1.70. The van der Waals surface area contributed by atoms with Crippen LogP contribution in [0.15, 0.2) is 18.2 Å². The lowest BCUT2D eigenvalue weighted by Gasteiger charge is -2.13. The summed E-state index contributed by atoms with van der Waals surface area (Å²) in [4.78, 5) is 12.3. The minimum absolute atomic E-state index is 0.232. The molecule has 0 fully saturated rings. The third-order valence-corrected chi connectivity index (χ3v) is 4.22. The summed E-state index contributed by atoms with van der Waals surface area (Å²) in [6.45, 7) is 1.62. The number of amides is 1. The molecule has 0 radical (unpaired) electrons. The fraction of sp³-hybridized carbons (Fsp3) is 0.286. The van der Waals surface area contributed by atoms with Gasteiger partial charge in [-0.05, 0) is 18.2 Å². The topological polar surface area (TPSA) is 59.0 Å². The number of halogens is 2. The van der Waals surface area contributed by atoms with Gasteiger partial charge >= 0.3 is 0 Å². The van der Waals surface area contributed by atoms with Gasteiger partial charge in [0.15, 0.2) is 0 Å². The van der Waals surface area contributed by atoms with E-state index in [-0.39, 0.29) is 5.91 Å². The van der Waals surface area contributed by atoms with Gasteiger partial charge in [0.2, 0.25) is 0 Å². The van der Waals surface area contributed by atoms with Crippen LogP contribution < -0.4 is 10.6 Å². The number of carbonyl (C=O) groups excluding carboxylic acids is 1. The van der Waals surface area contributed by atoms with Crippen LogP contribution in [-0.2, 0) is 20.0 Å². The molecule has 3 rings (SSSR count). The molecule has 0 saturated heterocycles. The molecule has 2 heterocycles. The predicted molar refractivity (Wildman–Crippen MR) is 83.0 cm³/mol. The van der Waals surface area contributed by atoms with Crippen LogP contribution in [0.5, 0.6) is 0 Å². The van der Waals surface area contributed by atoms with Crippen LogP contribution in [0.3, 0.4) is 0 Å². The molecule has 0 atom stereocenters. The Labute approximate surface area is 132 Å². The second-order valence-corrected chi connectivity index (χ2v) is 5.72. The van der Waals surface area contributed by atoms with Gasteiger partial charge in [-0.3, -0.25) is 9.48 Å². The number of nitrogens with one attached hydrogen (secondary N) is 2. The van der Waals surface area contributed by atoms with Crippen molar-refractivity contribution in [1.82, 2.24) is 15.1 Å². The van der Waals surface area contributed by atoms with Gasteiger partial charge in [-0.1, -0.05) is 23.2 Å². The molecule has 2 N–H and O–H groups in total. The molecule has 0 saturated carbocycles. The number of rotatable bonds is 2. The van der Waals surface area contributed by atoms with Gasteiger partial charge in [0.1, 0.15) is 5.82 Å². The molecule has 1 aromatic heterocycles. The highest BCUT2D eigenvalue weighted by molar-refractivity contribution is 6.42. The first-order valence-corrected chi connectivity index (χ1v) is 7.33. The third-order valence-electron chi connectivity index (χ3n) is 3.48. The summed E-state index contributed by atoms with van der Waals surface area (Å²) in [6.07, 6.45) is 0.867. The predicted octanol–water partition coefficient (Wildman–Crippen LogP) is 2.62. The van der Waals surface area contributed by atoms with Crippen LogP contribution in [-0.4, -0.2) is 22.2 Å². The summed E-state index contributed by atoms with van der Waals surface area (Å²) in [6, 6.07) is 4.81. The number of fused-ring (bicyclic) bond motifs is 1. The lowest BCUT2D eigenvalue weighted by Crippen LogP contribution is -2.24. The van der Waals surface area contributed by atoms with E-state index in [1.54, 1.807) is 22.9 Å². The van der Waals surface area contributed by atoms with Crippen LogP contribution >= 0.6 is 23.2 Å². The highest BCUT2D eigenvalue weighted by atomic mass is 35.5. The molecule has 1 amide bonds. The molecule has 2 aromatic rings. The normalized spacial score (nSPS) is 13.9. The second-order valence-electron chi connectivity index (χ2n) is 4.91. The fourth-order valence-corrected chi connectivity index (χ4v) is 2.70. The Balaban J connectivity index is 1.88. The number of nitrogens with zero attached hydrogens (tertiary/aromatic N) is 2. The van der Waals surface area contributed by atoms with E-state index >= 15 is 0 Å². The molecule has 1 aliphatic heterocycles. The lowest BCUT2D eigenvalue weighted by molar-refractivity contribution is 0.102. The summed E-state index contributed by atoms with van der Waals surface area (Å²) in [5.74, 6) is 0.484. The van der Waals surface area contributed by atoms with Crippen molar-refractivity contribution in [1.29, 1.82) is 0 Å². The number of benzene rings is 1. The minimum Gasteiger partial charge on any atom is -0.312 e. The average molecular weight is 325 g/mol. The first-order valence-electron chi connectivity index (χ1n) is 6.58. The van der Waals surface area contributed by atoms with Crippen molar-refractivity contribution >= 4 is 34.9 Å². The van der Waals surface area contributed by atoms with Gasteiger partial charge in [-0.25, -0.2) is 0 Å². The monoisotopic (exact) mass is 324 g/mol. The molecule has 0 aliphatic carbocycles. The Morgan fingerprint density at radius 2 is 2.19 bits per heavy atom. The van der Waals surface area contributed by atoms with Crippen molar-refractivity contribution < 1.29 is 4.79 Å². The smallest absolute Gasteiger partial charge is 0.256 e. The Morgan fingerprint density at radius 1 is 1.38 bits per heavy atom.